The van der Waals surface area contributed by atoms with Crippen LogP contribution in [0.3, 0.4) is 0 Å². The van der Waals surface area contributed by atoms with E-state index >= 15 is 0 Å². The number of rotatable bonds is 6. The number of halogens is 2. The van der Waals surface area contributed by atoms with Crippen molar-refractivity contribution < 1.29 is 17.9 Å². The largest absolute Gasteiger partial charge is 0.493 e. The molecule has 2 aromatic heterocycles. The summed E-state index contributed by atoms with van der Waals surface area (Å²) in [6, 6.07) is 10.2. The first-order valence-electron chi connectivity index (χ1n) is 11.0. The van der Waals surface area contributed by atoms with Crippen molar-refractivity contribution in [2.24, 2.45) is 0 Å². The van der Waals surface area contributed by atoms with Crippen LogP contribution >= 0.6 is 23.2 Å². The van der Waals surface area contributed by atoms with E-state index in [2.05, 4.69) is 20.0 Å². The Balaban J connectivity index is 1.49. The van der Waals surface area contributed by atoms with Crippen molar-refractivity contribution in [3.8, 4) is 22.6 Å². The molecule has 2 aromatic carbocycles. The molecule has 0 saturated carbocycles. The van der Waals surface area contributed by atoms with E-state index in [1.54, 1.807) is 37.1 Å². The fourth-order valence-corrected chi connectivity index (χ4v) is 6.40. The summed E-state index contributed by atoms with van der Waals surface area (Å²) in [6.45, 7) is 1.32. The molecule has 1 aliphatic heterocycles. The highest BCUT2D eigenvalue weighted by Crippen LogP contribution is 2.37. The van der Waals surface area contributed by atoms with Gasteiger partial charge in [0.1, 0.15) is 17.0 Å². The lowest BCUT2D eigenvalue weighted by molar-refractivity contribution is 0.355. The molecule has 4 aromatic rings. The van der Waals surface area contributed by atoms with E-state index in [4.69, 9.17) is 32.7 Å². The van der Waals surface area contributed by atoms with Crippen LogP contribution in [0.1, 0.15) is 0 Å². The van der Waals surface area contributed by atoms with Gasteiger partial charge in [0.15, 0.2) is 11.5 Å². The van der Waals surface area contributed by atoms with E-state index in [1.807, 2.05) is 18.2 Å². The Hall–Kier alpha value is -3.12. The van der Waals surface area contributed by atoms with Crippen molar-refractivity contribution in [3.63, 3.8) is 0 Å². The average molecular weight is 549 g/mol. The molecule has 0 amide bonds. The van der Waals surface area contributed by atoms with Gasteiger partial charge in [-0.2, -0.15) is 18.9 Å². The standard InChI is InChI=1S/C23H22Cl2N6O4S/c1-34-18-7-6-15(12-19(18)35-2)16-13-26-23-27-14-28-31(23)22(16)29-8-10-30(11-9-29)36(32,33)20-5-3-4-17(24)21(20)25/h3-7,12-14H,8-11H2,1-2H3. The molecular weight excluding hydrogens is 527 g/mol. The number of ether oxygens (including phenoxy) is 2. The summed E-state index contributed by atoms with van der Waals surface area (Å²) in [5.41, 5.74) is 1.64. The molecule has 0 spiro atoms. The highest BCUT2D eigenvalue weighted by atomic mass is 35.5. The first kappa shape index (κ1) is 24.6. The van der Waals surface area contributed by atoms with Gasteiger partial charge in [-0.1, -0.05) is 35.3 Å². The lowest BCUT2D eigenvalue weighted by Gasteiger charge is -2.36. The second-order valence-corrected chi connectivity index (χ2v) is 10.7. The van der Waals surface area contributed by atoms with Gasteiger partial charge in [0.25, 0.3) is 5.78 Å². The molecule has 3 heterocycles. The second-order valence-electron chi connectivity index (χ2n) is 7.98. The molecule has 1 fully saturated rings. The molecule has 0 unspecified atom stereocenters. The molecular formula is C23H22Cl2N6O4S. The molecule has 0 aliphatic carbocycles. The summed E-state index contributed by atoms with van der Waals surface area (Å²) in [5, 5.41) is 4.59. The minimum absolute atomic E-state index is 0.00119. The third-order valence-corrected chi connectivity index (χ3v) is 8.92. The topological polar surface area (TPSA) is 102 Å². The summed E-state index contributed by atoms with van der Waals surface area (Å²) < 4.78 is 40.5. The van der Waals surface area contributed by atoms with Crippen LogP contribution in [-0.4, -0.2) is 72.7 Å². The highest BCUT2D eigenvalue weighted by molar-refractivity contribution is 7.89. The minimum atomic E-state index is -3.82. The molecule has 5 rings (SSSR count). The Labute approximate surface area is 218 Å². The Morgan fingerprint density at radius 3 is 2.42 bits per heavy atom. The van der Waals surface area contributed by atoms with Crippen LogP contribution in [0.5, 0.6) is 11.5 Å². The maximum atomic E-state index is 13.3. The molecule has 0 atom stereocenters. The Bertz CT molecular complexity index is 1540. The maximum absolute atomic E-state index is 13.3. The predicted molar refractivity (Wildman–Crippen MR) is 137 cm³/mol. The molecule has 36 heavy (non-hydrogen) atoms. The average Bonchev–Trinajstić information content (AvgIpc) is 3.38. The summed E-state index contributed by atoms with van der Waals surface area (Å²) in [4.78, 5) is 10.7. The molecule has 188 valence electrons. The van der Waals surface area contributed by atoms with E-state index in [1.165, 1.54) is 16.7 Å². The summed E-state index contributed by atoms with van der Waals surface area (Å²) in [6.07, 6.45) is 3.17. The zero-order chi connectivity index (χ0) is 25.4. The molecule has 0 bridgehead atoms. The van der Waals surface area contributed by atoms with Gasteiger partial charge >= 0.3 is 0 Å². The quantitative estimate of drug-likeness (QED) is 0.360. The van der Waals surface area contributed by atoms with E-state index in [9.17, 15) is 8.42 Å². The number of fused-ring (bicyclic) bond motifs is 1. The highest BCUT2D eigenvalue weighted by Gasteiger charge is 2.32. The lowest BCUT2D eigenvalue weighted by Crippen LogP contribution is -2.49. The number of aromatic nitrogens is 4. The number of methoxy groups -OCH3 is 2. The molecule has 0 N–H and O–H groups in total. The van der Waals surface area contributed by atoms with E-state index in [0.29, 0.717) is 30.4 Å². The molecule has 1 saturated heterocycles. The lowest BCUT2D eigenvalue weighted by atomic mass is 10.1. The van der Waals surface area contributed by atoms with Crippen molar-refractivity contribution in [2.75, 3.05) is 45.3 Å². The van der Waals surface area contributed by atoms with Crippen molar-refractivity contribution in [2.45, 2.75) is 4.90 Å². The van der Waals surface area contributed by atoms with Gasteiger partial charge in [-0.3, -0.25) is 0 Å². The zero-order valence-electron chi connectivity index (χ0n) is 19.4. The molecule has 13 heteroatoms. The van der Waals surface area contributed by atoms with Gasteiger partial charge in [0.05, 0.1) is 24.3 Å². The monoisotopic (exact) mass is 548 g/mol. The fourth-order valence-electron chi connectivity index (χ4n) is 4.24. The Morgan fingerprint density at radius 2 is 1.69 bits per heavy atom. The van der Waals surface area contributed by atoms with E-state index in [-0.39, 0.29) is 28.0 Å². The van der Waals surface area contributed by atoms with Crippen LogP contribution in [0.25, 0.3) is 16.9 Å². The van der Waals surface area contributed by atoms with Gasteiger partial charge in [-0.25, -0.2) is 13.4 Å². The number of hydrogen-bond acceptors (Lipinski definition) is 8. The number of benzene rings is 2. The normalized spacial score (nSPS) is 14.8. The second kappa shape index (κ2) is 9.74. The Morgan fingerprint density at radius 1 is 0.944 bits per heavy atom. The van der Waals surface area contributed by atoms with Crippen LogP contribution in [0.15, 0.2) is 53.8 Å². The molecule has 0 radical (unpaired) electrons. The smallest absolute Gasteiger partial charge is 0.254 e. The fraction of sp³-hybridized carbons (Fsp3) is 0.261. The van der Waals surface area contributed by atoms with E-state index in [0.717, 1.165) is 16.9 Å². The van der Waals surface area contributed by atoms with Crippen LogP contribution in [0, 0.1) is 0 Å². The first-order valence-corrected chi connectivity index (χ1v) is 13.1. The number of anilines is 1. The van der Waals surface area contributed by atoms with Gasteiger partial charge in [0.2, 0.25) is 10.0 Å². The number of sulfonamides is 1. The molecule has 1 aliphatic rings. The summed E-state index contributed by atoms with van der Waals surface area (Å²) >= 11 is 12.3. The van der Waals surface area contributed by atoms with Gasteiger partial charge in [-0.05, 0) is 29.8 Å². The molecule has 10 nitrogen and oxygen atoms in total. The number of hydrogen-bond donors (Lipinski definition) is 0. The zero-order valence-corrected chi connectivity index (χ0v) is 21.8. The first-order chi connectivity index (χ1) is 17.3. The van der Waals surface area contributed by atoms with Crippen molar-refractivity contribution in [1.82, 2.24) is 23.9 Å². The van der Waals surface area contributed by atoms with Gasteiger partial charge < -0.3 is 14.4 Å². The maximum Gasteiger partial charge on any atom is 0.254 e. The van der Waals surface area contributed by atoms with Crippen molar-refractivity contribution in [3.05, 3.63) is 59.0 Å². The minimum Gasteiger partial charge on any atom is -0.493 e. The number of piperazine rings is 1. The third-order valence-electron chi connectivity index (χ3n) is 6.05. The van der Waals surface area contributed by atoms with Gasteiger partial charge in [-0.15, -0.1) is 0 Å². The Kier molecular flexibility index (Phi) is 6.64. The van der Waals surface area contributed by atoms with Crippen molar-refractivity contribution >= 4 is 44.8 Å². The van der Waals surface area contributed by atoms with Gasteiger partial charge in [0, 0.05) is 37.9 Å². The van der Waals surface area contributed by atoms with Crippen LogP contribution in [0.2, 0.25) is 10.0 Å². The SMILES string of the molecule is COc1ccc(-c2cnc3ncnn3c2N2CCN(S(=O)(=O)c3cccc(Cl)c3Cl)CC2)cc1OC. The number of nitrogens with zero attached hydrogens (tertiary/aromatic N) is 6. The van der Waals surface area contributed by atoms with Crippen LogP contribution < -0.4 is 14.4 Å². The van der Waals surface area contributed by atoms with E-state index < -0.39 is 10.0 Å². The third kappa shape index (κ3) is 4.21. The summed E-state index contributed by atoms with van der Waals surface area (Å²) in [5.74, 6) is 2.38. The predicted octanol–water partition coefficient (Wildman–Crippen LogP) is 3.63. The van der Waals surface area contributed by atoms with Crippen molar-refractivity contribution in [1.29, 1.82) is 0 Å². The van der Waals surface area contributed by atoms with Crippen LogP contribution in [0.4, 0.5) is 5.82 Å². The van der Waals surface area contributed by atoms with Crippen LogP contribution in [-0.2, 0) is 10.0 Å². The summed E-state index contributed by atoms with van der Waals surface area (Å²) in [7, 11) is -0.663.